The predicted octanol–water partition coefficient (Wildman–Crippen LogP) is 3.77. The number of piperidine rings is 1. The third-order valence-corrected chi connectivity index (χ3v) is 4.80. The number of nitrogens with one attached hydrogen (secondary N) is 1. The van der Waals surface area contributed by atoms with Gasteiger partial charge < -0.3 is 15.0 Å². The third kappa shape index (κ3) is 2.73. The summed E-state index contributed by atoms with van der Waals surface area (Å²) in [6.45, 7) is 11.1. The van der Waals surface area contributed by atoms with Crippen LogP contribution < -0.4 is 5.32 Å². The highest BCUT2D eigenvalue weighted by Crippen LogP contribution is 2.49. The van der Waals surface area contributed by atoms with Crippen LogP contribution in [0.25, 0.3) is 0 Å². The Bertz CT molecular complexity index is 732. The Morgan fingerprint density at radius 1 is 1.38 bits per heavy atom. The van der Waals surface area contributed by atoms with E-state index in [-0.39, 0.29) is 11.5 Å². The lowest BCUT2D eigenvalue weighted by molar-refractivity contribution is 0.0181. The Morgan fingerprint density at radius 3 is 2.62 bits per heavy atom. The van der Waals surface area contributed by atoms with Gasteiger partial charge in [-0.15, -0.1) is 0 Å². The molecule has 0 aromatic heterocycles. The van der Waals surface area contributed by atoms with Crippen LogP contribution >= 0.6 is 0 Å². The number of carbonyl (C=O) groups is 1. The summed E-state index contributed by atoms with van der Waals surface area (Å²) in [5, 5.41) is 12.5. The van der Waals surface area contributed by atoms with E-state index in [4.69, 9.17) is 4.74 Å². The molecule has 0 saturated carbocycles. The van der Waals surface area contributed by atoms with E-state index >= 15 is 0 Å². The molecule has 2 aliphatic rings. The highest BCUT2D eigenvalue weighted by Gasteiger charge is 2.45. The van der Waals surface area contributed by atoms with Gasteiger partial charge in [-0.2, -0.15) is 5.26 Å². The predicted molar refractivity (Wildman–Crippen MR) is 92.6 cm³/mol. The van der Waals surface area contributed by atoms with Gasteiger partial charge in [-0.1, -0.05) is 6.58 Å². The normalized spacial score (nSPS) is 18.8. The van der Waals surface area contributed by atoms with E-state index in [0.29, 0.717) is 18.7 Å². The van der Waals surface area contributed by atoms with Crippen LogP contribution in [0.4, 0.5) is 10.5 Å². The first kappa shape index (κ1) is 16.4. The molecule has 1 aromatic rings. The molecule has 0 unspecified atom stereocenters. The smallest absolute Gasteiger partial charge is 0.410 e. The number of allylic oxidation sites excluding steroid dienone is 1. The number of rotatable bonds is 0. The van der Waals surface area contributed by atoms with Gasteiger partial charge in [-0.05, 0) is 57.4 Å². The fraction of sp³-hybridized carbons (Fsp3) is 0.474. The van der Waals surface area contributed by atoms with Crippen molar-refractivity contribution in [2.24, 2.45) is 0 Å². The fourth-order valence-electron chi connectivity index (χ4n) is 3.53. The summed E-state index contributed by atoms with van der Waals surface area (Å²) >= 11 is 0. The van der Waals surface area contributed by atoms with Crippen LogP contribution in [-0.4, -0.2) is 29.7 Å². The molecule has 0 bridgehead atoms. The van der Waals surface area contributed by atoms with Gasteiger partial charge >= 0.3 is 6.09 Å². The van der Waals surface area contributed by atoms with Gasteiger partial charge in [-0.25, -0.2) is 4.79 Å². The Labute approximate surface area is 142 Å². The average molecular weight is 325 g/mol. The van der Waals surface area contributed by atoms with Crippen molar-refractivity contribution >= 4 is 11.8 Å². The van der Waals surface area contributed by atoms with Gasteiger partial charge in [0.05, 0.1) is 11.6 Å². The number of likely N-dealkylation sites (tertiary alicyclic amines) is 1. The van der Waals surface area contributed by atoms with Gasteiger partial charge in [-0.3, -0.25) is 0 Å². The van der Waals surface area contributed by atoms with Gasteiger partial charge in [0.2, 0.25) is 0 Å². The SMILES string of the molecule is C=C1Nc2ccc(C#N)cc2C12CCN(C(=O)OC(C)(C)C)CC2. The number of ether oxygens (including phenoxy) is 1. The van der Waals surface area contributed by atoms with Crippen LogP contribution in [0.5, 0.6) is 0 Å². The lowest BCUT2D eigenvalue weighted by atomic mass is 9.72. The molecule has 0 atom stereocenters. The monoisotopic (exact) mass is 325 g/mol. The molecule has 3 rings (SSSR count). The van der Waals surface area contributed by atoms with Crippen LogP contribution in [0, 0.1) is 11.3 Å². The maximum Gasteiger partial charge on any atom is 0.410 e. The van der Waals surface area contributed by atoms with E-state index in [1.165, 1.54) is 0 Å². The first-order valence-electron chi connectivity index (χ1n) is 8.24. The summed E-state index contributed by atoms with van der Waals surface area (Å²) in [7, 11) is 0. The molecular weight excluding hydrogens is 302 g/mol. The molecule has 5 heteroatoms. The topological polar surface area (TPSA) is 65.4 Å². The van der Waals surface area contributed by atoms with Crippen molar-refractivity contribution in [1.29, 1.82) is 5.26 Å². The fourth-order valence-corrected chi connectivity index (χ4v) is 3.53. The van der Waals surface area contributed by atoms with Crippen LogP contribution in [0.3, 0.4) is 0 Å². The molecule has 24 heavy (non-hydrogen) atoms. The van der Waals surface area contributed by atoms with E-state index < -0.39 is 5.60 Å². The number of nitriles is 1. The molecule has 1 fully saturated rings. The Hall–Kier alpha value is -2.48. The Balaban J connectivity index is 1.80. The number of hydrogen-bond donors (Lipinski definition) is 1. The van der Waals surface area contributed by atoms with Crippen molar-refractivity contribution in [2.45, 2.75) is 44.6 Å². The number of fused-ring (bicyclic) bond motifs is 2. The molecule has 0 aliphatic carbocycles. The Kier molecular flexibility index (Phi) is 3.79. The second-order valence-electron chi connectivity index (χ2n) is 7.53. The molecule has 5 nitrogen and oxygen atoms in total. The maximum absolute atomic E-state index is 12.3. The number of carbonyl (C=O) groups excluding carboxylic acids is 1. The molecule has 2 heterocycles. The highest BCUT2D eigenvalue weighted by molar-refractivity contribution is 5.71. The summed E-state index contributed by atoms with van der Waals surface area (Å²) in [5.41, 5.74) is 3.05. The standard InChI is InChI=1S/C19H23N3O2/c1-13-19(15-11-14(12-20)5-6-16(15)21-13)7-9-22(10-8-19)17(23)24-18(2,3)4/h5-6,11,21H,1,7-10H2,2-4H3. The van der Waals surface area contributed by atoms with Crippen molar-refractivity contribution in [1.82, 2.24) is 4.90 Å². The molecule has 126 valence electrons. The largest absolute Gasteiger partial charge is 0.444 e. The van der Waals surface area contributed by atoms with Crippen molar-refractivity contribution in [3.8, 4) is 6.07 Å². The van der Waals surface area contributed by atoms with Crippen LogP contribution in [0.15, 0.2) is 30.5 Å². The van der Waals surface area contributed by atoms with E-state index in [1.54, 1.807) is 4.90 Å². The second kappa shape index (κ2) is 5.55. The summed E-state index contributed by atoms with van der Waals surface area (Å²) in [6, 6.07) is 7.90. The van der Waals surface area contributed by atoms with Crippen molar-refractivity contribution in [2.75, 3.05) is 18.4 Å². The van der Waals surface area contributed by atoms with Crippen LogP contribution in [-0.2, 0) is 10.2 Å². The van der Waals surface area contributed by atoms with Gasteiger partial charge in [0.25, 0.3) is 0 Å². The van der Waals surface area contributed by atoms with Gasteiger partial charge in [0.15, 0.2) is 0 Å². The molecule has 0 radical (unpaired) electrons. The molecule has 2 aliphatic heterocycles. The summed E-state index contributed by atoms with van der Waals surface area (Å²) in [4.78, 5) is 14.0. The molecule has 1 amide bonds. The molecule has 1 spiro atoms. The Morgan fingerprint density at radius 2 is 2.04 bits per heavy atom. The van der Waals surface area contributed by atoms with Crippen molar-refractivity contribution in [3.05, 3.63) is 41.6 Å². The van der Waals surface area contributed by atoms with E-state index in [1.807, 2.05) is 39.0 Å². The number of hydrogen-bond acceptors (Lipinski definition) is 4. The van der Waals surface area contributed by atoms with Gasteiger partial charge in [0.1, 0.15) is 5.60 Å². The number of nitrogens with zero attached hydrogens (tertiary/aromatic N) is 2. The van der Waals surface area contributed by atoms with E-state index in [0.717, 1.165) is 29.8 Å². The summed E-state index contributed by atoms with van der Waals surface area (Å²) in [5.74, 6) is 0. The van der Waals surface area contributed by atoms with Crippen LogP contribution in [0.2, 0.25) is 0 Å². The molecule has 1 aromatic carbocycles. The molecule has 1 N–H and O–H groups in total. The second-order valence-corrected chi connectivity index (χ2v) is 7.53. The first-order chi connectivity index (χ1) is 11.2. The number of anilines is 1. The van der Waals surface area contributed by atoms with Crippen molar-refractivity contribution in [3.63, 3.8) is 0 Å². The first-order valence-corrected chi connectivity index (χ1v) is 8.24. The molecule has 1 saturated heterocycles. The summed E-state index contributed by atoms with van der Waals surface area (Å²) < 4.78 is 5.47. The minimum absolute atomic E-state index is 0.208. The average Bonchev–Trinajstić information content (AvgIpc) is 2.78. The van der Waals surface area contributed by atoms with E-state index in [2.05, 4.69) is 18.0 Å². The summed E-state index contributed by atoms with van der Waals surface area (Å²) in [6.07, 6.45) is 1.29. The zero-order valence-corrected chi connectivity index (χ0v) is 14.5. The number of benzene rings is 1. The lowest BCUT2D eigenvalue weighted by Crippen LogP contribution is -2.46. The van der Waals surface area contributed by atoms with Crippen molar-refractivity contribution < 1.29 is 9.53 Å². The van der Waals surface area contributed by atoms with E-state index in [9.17, 15) is 10.1 Å². The lowest BCUT2D eigenvalue weighted by Gasteiger charge is -2.40. The minimum Gasteiger partial charge on any atom is -0.444 e. The highest BCUT2D eigenvalue weighted by atomic mass is 16.6. The number of amides is 1. The zero-order chi connectivity index (χ0) is 17.5. The maximum atomic E-state index is 12.3. The van der Waals surface area contributed by atoms with Gasteiger partial charge in [0, 0.05) is 29.9 Å². The van der Waals surface area contributed by atoms with Crippen LogP contribution in [0.1, 0.15) is 44.7 Å². The quantitative estimate of drug-likeness (QED) is 0.788. The minimum atomic E-state index is -0.487. The molecular formula is C19H23N3O2. The third-order valence-electron chi connectivity index (χ3n) is 4.80. The zero-order valence-electron chi connectivity index (χ0n) is 14.5.